The minimum Gasteiger partial charge on any atom is -0.338 e. The zero-order chi connectivity index (χ0) is 14.0. The van der Waals surface area contributed by atoms with Crippen LogP contribution in [0.1, 0.15) is 43.1 Å². The zero-order valence-corrected chi connectivity index (χ0v) is 12.7. The number of hydrogen-bond donors (Lipinski definition) is 0. The van der Waals surface area contributed by atoms with Crippen LogP contribution in [-0.2, 0) is 5.88 Å². The molecule has 0 radical (unpaired) electrons. The maximum absolute atomic E-state index is 12.5. The summed E-state index contributed by atoms with van der Waals surface area (Å²) in [5, 5.41) is 0. The Bertz CT molecular complexity index is 464. The van der Waals surface area contributed by atoms with E-state index >= 15 is 0 Å². The first-order valence-corrected chi connectivity index (χ1v) is 7.39. The summed E-state index contributed by atoms with van der Waals surface area (Å²) < 4.78 is 0. The minimum absolute atomic E-state index is 0.138. The predicted octanol–water partition coefficient (Wildman–Crippen LogP) is 3.93. The summed E-state index contributed by atoms with van der Waals surface area (Å²) in [6, 6.07) is 7.64. The van der Waals surface area contributed by atoms with Gasteiger partial charge in [-0.05, 0) is 35.4 Å². The topological polar surface area (TPSA) is 20.3 Å². The Balaban J connectivity index is 2.09. The second-order valence-corrected chi connectivity index (χ2v) is 6.70. The molecule has 0 bridgehead atoms. The van der Waals surface area contributed by atoms with Crippen LogP contribution in [0.15, 0.2) is 24.3 Å². The Morgan fingerprint density at radius 2 is 2.16 bits per heavy atom. The van der Waals surface area contributed by atoms with E-state index in [0.717, 1.165) is 30.6 Å². The molecule has 0 spiro atoms. The predicted molar refractivity (Wildman–Crippen MR) is 79.5 cm³/mol. The zero-order valence-electron chi connectivity index (χ0n) is 11.9. The molecule has 2 rings (SSSR count). The van der Waals surface area contributed by atoms with E-state index < -0.39 is 0 Å². The van der Waals surface area contributed by atoms with Gasteiger partial charge < -0.3 is 4.90 Å². The molecule has 0 aromatic heterocycles. The molecule has 1 aromatic carbocycles. The highest BCUT2D eigenvalue weighted by Gasteiger charge is 2.34. The number of likely N-dealkylation sites (tertiary alicyclic amines) is 1. The highest BCUT2D eigenvalue weighted by atomic mass is 35.5. The molecule has 1 unspecified atom stereocenters. The number of nitrogens with zero attached hydrogens (tertiary/aromatic N) is 1. The smallest absolute Gasteiger partial charge is 0.253 e. The summed E-state index contributed by atoms with van der Waals surface area (Å²) in [5.41, 5.74) is 2.03. The molecule has 1 aliphatic heterocycles. The number of rotatable bonds is 2. The number of carbonyl (C=O) groups is 1. The van der Waals surface area contributed by atoms with Gasteiger partial charge in [0.2, 0.25) is 0 Å². The van der Waals surface area contributed by atoms with Crippen molar-refractivity contribution in [3.63, 3.8) is 0 Å². The van der Waals surface area contributed by atoms with Crippen LogP contribution in [0.4, 0.5) is 0 Å². The van der Waals surface area contributed by atoms with Crippen molar-refractivity contribution < 1.29 is 4.79 Å². The average Bonchev–Trinajstić information content (AvgIpc) is 2.87. The van der Waals surface area contributed by atoms with E-state index in [1.165, 1.54) is 0 Å². The molecule has 104 valence electrons. The molecular weight excluding hydrogens is 258 g/mol. The molecule has 0 N–H and O–H groups in total. The Hall–Kier alpha value is -1.02. The first-order chi connectivity index (χ1) is 8.91. The van der Waals surface area contributed by atoms with Crippen LogP contribution in [0.25, 0.3) is 0 Å². The lowest BCUT2D eigenvalue weighted by atomic mass is 9.80. The van der Waals surface area contributed by atoms with E-state index in [4.69, 9.17) is 11.6 Å². The quantitative estimate of drug-likeness (QED) is 0.751. The lowest BCUT2D eigenvalue weighted by Gasteiger charge is -2.27. The van der Waals surface area contributed by atoms with Crippen LogP contribution in [-0.4, -0.2) is 23.9 Å². The molecule has 2 nitrogen and oxygen atoms in total. The molecule has 3 heteroatoms. The Labute approximate surface area is 120 Å². The molecular formula is C16H22ClNO. The summed E-state index contributed by atoms with van der Waals surface area (Å²) in [4.78, 5) is 14.4. The standard InChI is InChI=1S/C16H22ClNO/c1-16(2,3)14-7-8-18(11-14)15(19)13-6-4-5-12(9-13)10-17/h4-6,9,14H,7-8,10-11H2,1-3H3. The number of amides is 1. The Morgan fingerprint density at radius 1 is 1.42 bits per heavy atom. The van der Waals surface area contributed by atoms with Crippen molar-refractivity contribution in [2.24, 2.45) is 11.3 Å². The summed E-state index contributed by atoms with van der Waals surface area (Å²) in [6.45, 7) is 8.48. The first-order valence-electron chi connectivity index (χ1n) is 6.86. The fraction of sp³-hybridized carbons (Fsp3) is 0.562. The fourth-order valence-corrected chi connectivity index (χ4v) is 2.79. The van der Waals surface area contributed by atoms with Crippen molar-refractivity contribution in [1.82, 2.24) is 4.90 Å². The van der Waals surface area contributed by atoms with Gasteiger partial charge >= 0.3 is 0 Å². The molecule has 1 atom stereocenters. The molecule has 1 aliphatic rings. The molecule has 1 saturated heterocycles. The van der Waals surface area contributed by atoms with Gasteiger partial charge in [-0.2, -0.15) is 0 Å². The first kappa shape index (κ1) is 14.4. The van der Waals surface area contributed by atoms with Crippen molar-refractivity contribution >= 4 is 17.5 Å². The van der Waals surface area contributed by atoms with Gasteiger partial charge in [0.15, 0.2) is 0 Å². The van der Waals surface area contributed by atoms with Crippen molar-refractivity contribution in [3.8, 4) is 0 Å². The van der Waals surface area contributed by atoms with Gasteiger partial charge in [0, 0.05) is 24.5 Å². The van der Waals surface area contributed by atoms with E-state index in [2.05, 4.69) is 20.8 Å². The second-order valence-electron chi connectivity index (χ2n) is 6.44. The van der Waals surface area contributed by atoms with E-state index in [9.17, 15) is 4.79 Å². The Morgan fingerprint density at radius 3 is 2.74 bits per heavy atom. The number of benzene rings is 1. The van der Waals surface area contributed by atoms with E-state index in [1.807, 2.05) is 29.2 Å². The number of carbonyl (C=O) groups excluding carboxylic acids is 1. The van der Waals surface area contributed by atoms with Crippen LogP contribution >= 0.6 is 11.6 Å². The molecule has 1 fully saturated rings. The molecule has 1 amide bonds. The van der Waals surface area contributed by atoms with Crippen LogP contribution in [0.5, 0.6) is 0 Å². The lowest BCUT2D eigenvalue weighted by Crippen LogP contribution is -2.31. The summed E-state index contributed by atoms with van der Waals surface area (Å²) in [5.74, 6) is 1.18. The summed E-state index contributed by atoms with van der Waals surface area (Å²) in [6.07, 6.45) is 1.10. The Kier molecular flexibility index (Phi) is 4.19. The van der Waals surface area contributed by atoms with Gasteiger partial charge in [0.1, 0.15) is 0 Å². The van der Waals surface area contributed by atoms with Gasteiger partial charge in [-0.3, -0.25) is 4.79 Å². The third kappa shape index (κ3) is 3.30. The summed E-state index contributed by atoms with van der Waals surface area (Å²) >= 11 is 5.82. The molecule has 0 aliphatic carbocycles. The van der Waals surface area contributed by atoms with Crippen molar-refractivity contribution in [2.75, 3.05) is 13.1 Å². The third-order valence-electron chi connectivity index (χ3n) is 4.03. The van der Waals surface area contributed by atoms with Crippen molar-refractivity contribution in [3.05, 3.63) is 35.4 Å². The number of hydrogen-bond acceptors (Lipinski definition) is 1. The van der Waals surface area contributed by atoms with Crippen LogP contribution in [0, 0.1) is 11.3 Å². The second kappa shape index (κ2) is 5.54. The highest BCUT2D eigenvalue weighted by Crippen LogP contribution is 2.34. The van der Waals surface area contributed by atoms with Crippen LogP contribution < -0.4 is 0 Å². The highest BCUT2D eigenvalue weighted by molar-refractivity contribution is 6.17. The van der Waals surface area contributed by atoms with Gasteiger partial charge in [-0.25, -0.2) is 0 Å². The average molecular weight is 280 g/mol. The van der Waals surface area contributed by atoms with Gasteiger partial charge in [-0.1, -0.05) is 32.9 Å². The van der Waals surface area contributed by atoms with Gasteiger partial charge in [0.05, 0.1) is 0 Å². The molecule has 1 heterocycles. The van der Waals surface area contributed by atoms with Crippen LogP contribution in [0.3, 0.4) is 0 Å². The molecule has 1 aromatic rings. The third-order valence-corrected chi connectivity index (χ3v) is 4.34. The lowest BCUT2D eigenvalue weighted by molar-refractivity contribution is 0.0776. The molecule has 19 heavy (non-hydrogen) atoms. The normalized spacial score (nSPS) is 19.8. The largest absolute Gasteiger partial charge is 0.338 e. The van der Waals surface area contributed by atoms with E-state index in [0.29, 0.717) is 11.8 Å². The van der Waals surface area contributed by atoms with Crippen molar-refractivity contribution in [2.45, 2.75) is 33.1 Å². The van der Waals surface area contributed by atoms with E-state index in [1.54, 1.807) is 0 Å². The fourth-order valence-electron chi connectivity index (χ4n) is 2.62. The number of alkyl halides is 1. The van der Waals surface area contributed by atoms with Crippen LogP contribution in [0.2, 0.25) is 0 Å². The maximum Gasteiger partial charge on any atom is 0.253 e. The minimum atomic E-state index is 0.138. The number of halogens is 1. The maximum atomic E-state index is 12.5. The SMILES string of the molecule is CC(C)(C)C1CCN(C(=O)c2cccc(CCl)c2)C1. The molecule has 0 saturated carbocycles. The monoisotopic (exact) mass is 279 g/mol. The van der Waals surface area contributed by atoms with Gasteiger partial charge in [0.25, 0.3) is 5.91 Å². The summed E-state index contributed by atoms with van der Waals surface area (Å²) in [7, 11) is 0. The van der Waals surface area contributed by atoms with E-state index in [-0.39, 0.29) is 11.3 Å². The van der Waals surface area contributed by atoms with Crippen molar-refractivity contribution in [1.29, 1.82) is 0 Å². The van der Waals surface area contributed by atoms with Gasteiger partial charge in [-0.15, -0.1) is 11.6 Å².